The van der Waals surface area contributed by atoms with Crippen molar-refractivity contribution in [3.63, 3.8) is 0 Å². The minimum atomic E-state index is -4.46. The highest BCUT2D eigenvalue weighted by atomic mass is 32.1. The number of rotatable bonds is 3. The molecule has 0 radical (unpaired) electrons. The fraction of sp³-hybridized carbons (Fsp3) is 0.625. The summed E-state index contributed by atoms with van der Waals surface area (Å²) in [5, 5.41) is 8.59. The highest BCUT2D eigenvalue weighted by Gasteiger charge is 2.35. The molecule has 0 spiro atoms. The molecule has 0 fully saturated rings. The summed E-state index contributed by atoms with van der Waals surface area (Å²) in [7, 11) is 1.37. The minimum absolute atomic E-state index is 0.150. The Morgan fingerprint density at radius 3 is 2.53 bits per heavy atom. The van der Waals surface area contributed by atoms with Crippen molar-refractivity contribution in [1.82, 2.24) is 4.98 Å². The van der Waals surface area contributed by atoms with E-state index in [1.54, 1.807) is 6.92 Å². The van der Waals surface area contributed by atoms with Crippen LogP contribution in [0.4, 0.5) is 13.2 Å². The molecule has 0 aliphatic heterocycles. The predicted octanol–water partition coefficient (Wildman–Crippen LogP) is 2.23. The number of methoxy groups -OCH3 is 1. The van der Waals surface area contributed by atoms with Gasteiger partial charge < -0.3 is 9.84 Å². The molecule has 0 saturated heterocycles. The first-order chi connectivity index (χ1) is 6.86. The molecule has 0 aliphatic rings. The zero-order chi connectivity index (χ0) is 11.6. The molecule has 3 nitrogen and oxygen atoms in total. The van der Waals surface area contributed by atoms with Crippen LogP contribution in [0.2, 0.25) is 0 Å². The van der Waals surface area contributed by atoms with Crippen LogP contribution in [0, 0.1) is 0 Å². The number of aliphatic hydroxyl groups is 1. The Hall–Kier alpha value is -0.660. The van der Waals surface area contributed by atoms with E-state index in [1.165, 1.54) is 7.11 Å². The maximum atomic E-state index is 12.2. The molecule has 0 saturated carbocycles. The number of alkyl halides is 3. The second-order valence-corrected chi connectivity index (χ2v) is 4.01. The molecule has 1 aromatic heterocycles. The molecular weight excluding hydrogens is 231 g/mol. The largest absolute Gasteiger partial charge is 0.443 e. The number of hydrogen-bond donors (Lipinski definition) is 1. The van der Waals surface area contributed by atoms with Crippen LogP contribution in [0.25, 0.3) is 0 Å². The first kappa shape index (κ1) is 12.4. The highest BCUT2D eigenvalue weighted by Crippen LogP contribution is 2.35. The van der Waals surface area contributed by atoms with Gasteiger partial charge >= 0.3 is 6.18 Å². The van der Waals surface area contributed by atoms with Gasteiger partial charge in [0.25, 0.3) is 0 Å². The Bertz CT molecular complexity index is 326. The summed E-state index contributed by atoms with van der Waals surface area (Å²) in [5.74, 6) is 0. The van der Waals surface area contributed by atoms with Crippen LogP contribution in [0.15, 0.2) is 6.20 Å². The van der Waals surface area contributed by atoms with Crippen molar-refractivity contribution in [1.29, 1.82) is 0 Å². The average molecular weight is 241 g/mol. The maximum absolute atomic E-state index is 12.2. The second kappa shape index (κ2) is 4.46. The molecule has 0 aromatic carbocycles. The molecule has 0 bridgehead atoms. The van der Waals surface area contributed by atoms with Gasteiger partial charge in [-0.15, -0.1) is 11.3 Å². The molecule has 1 rings (SSSR count). The molecular formula is C8H10F3NO2S. The summed E-state index contributed by atoms with van der Waals surface area (Å²) in [6.45, 7) is 1.57. The number of hydrogen-bond acceptors (Lipinski definition) is 4. The standard InChI is InChI=1S/C8H10F3NO2S/c1-4(14-2)6(13)5-3-12-7(15-5)8(9,10)11/h3-4,6,13H,1-2H3. The van der Waals surface area contributed by atoms with E-state index in [-0.39, 0.29) is 4.88 Å². The summed E-state index contributed by atoms with van der Waals surface area (Å²) in [5.41, 5.74) is 0. The number of aliphatic hydroxyl groups excluding tert-OH is 1. The van der Waals surface area contributed by atoms with Gasteiger partial charge in [0.2, 0.25) is 0 Å². The normalized spacial score (nSPS) is 16.4. The fourth-order valence-electron chi connectivity index (χ4n) is 0.915. The average Bonchev–Trinajstić information content (AvgIpc) is 2.63. The molecule has 7 heteroatoms. The van der Waals surface area contributed by atoms with Gasteiger partial charge in [0.15, 0.2) is 5.01 Å². The third-order valence-electron chi connectivity index (χ3n) is 1.87. The predicted molar refractivity (Wildman–Crippen MR) is 48.5 cm³/mol. The molecule has 15 heavy (non-hydrogen) atoms. The Morgan fingerprint density at radius 1 is 1.53 bits per heavy atom. The molecule has 0 aliphatic carbocycles. The van der Waals surface area contributed by atoms with Crippen molar-refractivity contribution in [2.75, 3.05) is 7.11 Å². The van der Waals surface area contributed by atoms with Crippen molar-refractivity contribution in [3.05, 3.63) is 16.1 Å². The lowest BCUT2D eigenvalue weighted by molar-refractivity contribution is -0.137. The van der Waals surface area contributed by atoms with E-state index in [1.807, 2.05) is 0 Å². The molecule has 1 heterocycles. The van der Waals surface area contributed by atoms with Gasteiger partial charge in [-0.25, -0.2) is 4.98 Å². The van der Waals surface area contributed by atoms with Crippen molar-refractivity contribution < 1.29 is 23.0 Å². The van der Waals surface area contributed by atoms with E-state index in [0.29, 0.717) is 11.3 Å². The van der Waals surface area contributed by atoms with E-state index in [0.717, 1.165) is 6.20 Å². The number of nitrogens with zero attached hydrogens (tertiary/aromatic N) is 1. The summed E-state index contributed by atoms with van der Waals surface area (Å²) < 4.78 is 41.4. The summed E-state index contributed by atoms with van der Waals surface area (Å²) in [6, 6.07) is 0. The van der Waals surface area contributed by atoms with Gasteiger partial charge in [-0.2, -0.15) is 13.2 Å². The molecule has 1 aromatic rings. The molecule has 86 valence electrons. The van der Waals surface area contributed by atoms with E-state index < -0.39 is 23.4 Å². The maximum Gasteiger partial charge on any atom is 0.443 e. The number of halogens is 3. The lowest BCUT2D eigenvalue weighted by Gasteiger charge is -2.14. The van der Waals surface area contributed by atoms with Gasteiger partial charge in [0.05, 0.1) is 11.0 Å². The highest BCUT2D eigenvalue weighted by molar-refractivity contribution is 7.11. The topological polar surface area (TPSA) is 42.4 Å². The molecule has 2 atom stereocenters. The van der Waals surface area contributed by atoms with Gasteiger partial charge in [-0.1, -0.05) is 0 Å². The summed E-state index contributed by atoms with van der Waals surface area (Å²) >= 11 is 0.426. The smallest absolute Gasteiger partial charge is 0.385 e. The van der Waals surface area contributed by atoms with Crippen LogP contribution >= 0.6 is 11.3 Å². The second-order valence-electron chi connectivity index (χ2n) is 2.95. The van der Waals surface area contributed by atoms with Crippen LogP contribution in [0.3, 0.4) is 0 Å². The lowest BCUT2D eigenvalue weighted by atomic mass is 10.2. The van der Waals surface area contributed by atoms with Gasteiger partial charge in [-0.3, -0.25) is 0 Å². The lowest BCUT2D eigenvalue weighted by Crippen LogP contribution is -2.15. The van der Waals surface area contributed by atoms with Gasteiger partial charge in [-0.05, 0) is 6.92 Å². The van der Waals surface area contributed by atoms with E-state index in [2.05, 4.69) is 4.98 Å². The van der Waals surface area contributed by atoms with Crippen LogP contribution in [0.5, 0.6) is 0 Å². The van der Waals surface area contributed by atoms with Crippen molar-refractivity contribution in [2.45, 2.75) is 25.3 Å². The third kappa shape index (κ3) is 2.90. The molecule has 1 N–H and O–H groups in total. The quantitative estimate of drug-likeness (QED) is 0.882. The van der Waals surface area contributed by atoms with Crippen molar-refractivity contribution in [3.8, 4) is 0 Å². The summed E-state index contributed by atoms with van der Waals surface area (Å²) in [4.78, 5) is 3.35. The number of ether oxygens (including phenoxy) is 1. The van der Waals surface area contributed by atoms with Crippen molar-refractivity contribution in [2.24, 2.45) is 0 Å². The Labute approximate surface area is 88.5 Å². The van der Waals surface area contributed by atoms with Crippen LogP contribution in [-0.4, -0.2) is 23.3 Å². The Balaban J connectivity index is 2.85. The monoisotopic (exact) mass is 241 g/mol. The number of aromatic nitrogens is 1. The van der Waals surface area contributed by atoms with Crippen molar-refractivity contribution >= 4 is 11.3 Å². The fourth-order valence-corrected chi connectivity index (χ4v) is 1.78. The van der Waals surface area contributed by atoms with Gasteiger partial charge in [0.1, 0.15) is 6.10 Å². The zero-order valence-electron chi connectivity index (χ0n) is 8.08. The summed E-state index contributed by atoms with van der Waals surface area (Å²) in [6.07, 6.45) is -5.08. The van der Waals surface area contributed by atoms with E-state index in [4.69, 9.17) is 4.74 Å². The first-order valence-electron chi connectivity index (χ1n) is 4.10. The molecule has 0 amide bonds. The SMILES string of the molecule is COC(C)C(O)c1cnc(C(F)(F)F)s1. The number of thiazole rings is 1. The minimum Gasteiger partial charge on any atom is -0.385 e. The van der Waals surface area contributed by atoms with Crippen LogP contribution in [-0.2, 0) is 10.9 Å². The Morgan fingerprint density at radius 2 is 2.13 bits per heavy atom. The Kier molecular flexibility index (Phi) is 3.69. The third-order valence-corrected chi connectivity index (χ3v) is 2.99. The zero-order valence-corrected chi connectivity index (χ0v) is 8.89. The van der Waals surface area contributed by atoms with Crippen LogP contribution in [0.1, 0.15) is 22.9 Å². The van der Waals surface area contributed by atoms with E-state index >= 15 is 0 Å². The van der Waals surface area contributed by atoms with Gasteiger partial charge in [0, 0.05) is 13.3 Å². The molecule has 2 unspecified atom stereocenters. The first-order valence-corrected chi connectivity index (χ1v) is 4.91. The van der Waals surface area contributed by atoms with E-state index in [9.17, 15) is 18.3 Å². The van der Waals surface area contributed by atoms with Crippen LogP contribution < -0.4 is 0 Å².